The van der Waals surface area contributed by atoms with Crippen molar-refractivity contribution >= 4 is 10.9 Å². The van der Waals surface area contributed by atoms with Crippen molar-refractivity contribution in [3.05, 3.63) is 75.2 Å². The van der Waals surface area contributed by atoms with E-state index in [4.69, 9.17) is 4.42 Å². The van der Waals surface area contributed by atoms with E-state index in [0.717, 1.165) is 52.9 Å². The number of rotatable bonds is 8. The topological polar surface area (TPSA) is 92.8 Å². The highest BCUT2D eigenvalue weighted by Crippen LogP contribution is 2.34. The Bertz CT molecular complexity index is 1320. The molecule has 1 aromatic carbocycles. The molecule has 8 nitrogen and oxygen atoms in total. The van der Waals surface area contributed by atoms with Gasteiger partial charge in [0.05, 0.1) is 17.8 Å². The average Bonchev–Trinajstić information content (AvgIpc) is 3.58. The molecule has 0 amide bonds. The molecule has 1 aliphatic rings. The van der Waals surface area contributed by atoms with Crippen molar-refractivity contribution in [3.63, 3.8) is 0 Å². The monoisotopic (exact) mass is 460 g/mol. The molecule has 4 aromatic rings. The fourth-order valence-corrected chi connectivity index (χ4v) is 5.45. The number of H-pyrrole nitrogens is 1. The molecule has 0 bridgehead atoms. The largest absolute Gasteiger partial charge is 0.467 e. The molecule has 1 N–H and O–H groups in total. The third-order valence-corrected chi connectivity index (χ3v) is 7.05. The van der Waals surface area contributed by atoms with E-state index in [1.54, 1.807) is 6.26 Å². The van der Waals surface area contributed by atoms with Gasteiger partial charge < -0.3 is 9.40 Å². The van der Waals surface area contributed by atoms with Gasteiger partial charge in [0.2, 0.25) is 0 Å². The number of aromatic nitrogens is 5. The first-order valence-electron chi connectivity index (χ1n) is 12.2. The van der Waals surface area contributed by atoms with Gasteiger partial charge in [0.25, 0.3) is 5.56 Å². The molecule has 0 spiro atoms. The standard InChI is InChI=1S/C26H32N6O2/c1-4-23(25-28-29-30-32(25)16-22-10-7-11-34-22)31(21-8-5-6-9-21)15-20-14-19-13-17(2)12-18(3)24(19)27-26(20)33/h7,10-14,21,23H,4-6,8-9,15-16H2,1-3H3,(H,27,33)/t23-/m0/s1. The molecule has 0 saturated heterocycles. The zero-order chi connectivity index (χ0) is 23.7. The second kappa shape index (κ2) is 9.54. The van der Waals surface area contributed by atoms with Crippen LogP contribution in [0, 0.1) is 13.8 Å². The van der Waals surface area contributed by atoms with Gasteiger partial charge in [0, 0.05) is 18.2 Å². The Morgan fingerprint density at radius 3 is 2.79 bits per heavy atom. The van der Waals surface area contributed by atoms with Crippen LogP contribution >= 0.6 is 0 Å². The Morgan fingerprint density at radius 2 is 2.06 bits per heavy atom. The zero-order valence-electron chi connectivity index (χ0n) is 20.1. The van der Waals surface area contributed by atoms with Crippen molar-refractivity contribution < 1.29 is 4.42 Å². The number of hydrogen-bond acceptors (Lipinski definition) is 6. The van der Waals surface area contributed by atoms with Crippen molar-refractivity contribution in [2.24, 2.45) is 0 Å². The van der Waals surface area contributed by atoms with Gasteiger partial charge in [-0.2, -0.15) is 0 Å². The smallest absolute Gasteiger partial charge is 0.252 e. The van der Waals surface area contributed by atoms with Crippen LogP contribution in [0.3, 0.4) is 0 Å². The highest BCUT2D eigenvalue weighted by Gasteiger charge is 2.32. The molecule has 1 saturated carbocycles. The molecule has 34 heavy (non-hydrogen) atoms. The molecular weight excluding hydrogens is 428 g/mol. The van der Waals surface area contributed by atoms with E-state index in [1.165, 1.54) is 18.4 Å². The lowest BCUT2D eigenvalue weighted by atomic mass is 10.0. The first-order valence-corrected chi connectivity index (χ1v) is 12.2. The summed E-state index contributed by atoms with van der Waals surface area (Å²) >= 11 is 0. The average molecular weight is 461 g/mol. The number of aromatic amines is 1. The van der Waals surface area contributed by atoms with Gasteiger partial charge in [0.1, 0.15) is 12.3 Å². The van der Waals surface area contributed by atoms with Crippen LogP contribution in [0.1, 0.15) is 73.3 Å². The van der Waals surface area contributed by atoms with Gasteiger partial charge in [0.15, 0.2) is 5.82 Å². The van der Waals surface area contributed by atoms with Crippen molar-refractivity contribution in [2.45, 2.75) is 78.0 Å². The molecule has 3 heterocycles. The molecule has 3 aromatic heterocycles. The van der Waals surface area contributed by atoms with Crippen molar-refractivity contribution in [1.82, 2.24) is 30.1 Å². The quantitative estimate of drug-likeness (QED) is 0.411. The normalized spacial score (nSPS) is 15.5. The van der Waals surface area contributed by atoms with Crippen LogP contribution in [0.15, 0.2) is 45.8 Å². The van der Waals surface area contributed by atoms with Crippen molar-refractivity contribution in [2.75, 3.05) is 0 Å². The lowest BCUT2D eigenvalue weighted by Crippen LogP contribution is -2.39. The van der Waals surface area contributed by atoms with E-state index in [0.29, 0.717) is 19.1 Å². The Labute approximate surface area is 199 Å². The predicted octanol–water partition coefficient (Wildman–Crippen LogP) is 4.67. The summed E-state index contributed by atoms with van der Waals surface area (Å²) < 4.78 is 7.36. The van der Waals surface area contributed by atoms with Crippen molar-refractivity contribution in [1.29, 1.82) is 0 Å². The maximum Gasteiger partial charge on any atom is 0.252 e. The molecule has 0 radical (unpaired) electrons. The van der Waals surface area contributed by atoms with E-state index >= 15 is 0 Å². The zero-order valence-corrected chi connectivity index (χ0v) is 20.1. The molecule has 1 aliphatic carbocycles. The second-order valence-corrected chi connectivity index (χ2v) is 9.48. The second-order valence-electron chi connectivity index (χ2n) is 9.48. The summed E-state index contributed by atoms with van der Waals surface area (Å²) in [4.78, 5) is 18.8. The summed E-state index contributed by atoms with van der Waals surface area (Å²) in [6, 6.07) is 10.5. The molecule has 8 heteroatoms. The predicted molar refractivity (Wildman–Crippen MR) is 131 cm³/mol. The number of hydrogen-bond donors (Lipinski definition) is 1. The number of pyridine rings is 1. The van der Waals surface area contributed by atoms with Crippen LogP contribution in [-0.2, 0) is 13.1 Å². The number of nitrogens with zero attached hydrogens (tertiary/aromatic N) is 5. The summed E-state index contributed by atoms with van der Waals surface area (Å²) in [5.41, 5.74) is 3.97. The first kappa shape index (κ1) is 22.5. The Morgan fingerprint density at radius 1 is 1.24 bits per heavy atom. The SMILES string of the molecule is CC[C@@H](c1nnnn1Cc1ccco1)N(Cc1cc2cc(C)cc(C)c2[nH]c1=O)C1CCCC1. The molecule has 0 aliphatic heterocycles. The van der Waals surface area contributed by atoms with E-state index in [9.17, 15) is 4.79 Å². The fraction of sp³-hybridized carbons (Fsp3) is 0.462. The van der Waals surface area contributed by atoms with Crippen LogP contribution in [0.25, 0.3) is 10.9 Å². The summed E-state index contributed by atoms with van der Waals surface area (Å²) in [5.74, 6) is 1.63. The van der Waals surface area contributed by atoms with Crippen LogP contribution in [0.2, 0.25) is 0 Å². The minimum atomic E-state index is -0.0209. The molecule has 178 valence electrons. The first-order chi connectivity index (χ1) is 16.5. The van der Waals surface area contributed by atoms with E-state index in [-0.39, 0.29) is 11.6 Å². The van der Waals surface area contributed by atoms with Crippen LogP contribution in [0.5, 0.6) is 0 Å². The fourth-order valence-electron chi connectivity index (χ4n) is 5.45. The Kier molecular flexibility index (Phi) is 6.32. The van der Waals surface area contributed by atoms with Crippen LogP contribution in [0.4, 0.5) is 0 Å². The van der Waals surface area contributed by atoms with Gasteiger partial charge in [-0.25, -0.2) is 4.68 Å². The van der Waals surface area contributed by atoms with E-state index in [1.807, 2.05) is 23.7 Å². The minimum absolute atomic E-state index is 0.00223. The maximum atomic E-state index is 13.2. The summed E-state index contributed by atoms with van der Waals surface area (Å²) in [6.07, 6.45) is 7.18. The van der Waals surface area contributed by atoms with E-state index in [2.05, 4.69) is 57.5 Å². The third-order valence-electron chi connectivity index (χ3n) is 7.05. The molecule has 1 atom stereocenters. The van der Waals surface area contributed by atoms with Gasteiger partial charge in [-0.15, -0.1) is 5.10 Å². The van der Waals surface area contributed by atoms with Gasteiger partial charge >= 0.3 is 0 Å². The lowest BCUT2D eigenvalue weighted by molar-refractivity contribution is 0.112. The highest BCUT2D eigenvalue weighted by molar-refractivity contribution is 5.82. The van der Waals surface area contributed by atoms with Gasteiger partial charge in [-0.3, -0.25) is 9.69 Å². The molecular formula is C26H32N6O2. The Hall–Kier alpha value is -3.26. The number of furan rings is 1. The summed E-state index contributed by atoms with van der Waals surface area (Å²) in [6.45, 7) is 7.35. The number of aryl methyl sites for hydroxylation is 2. The maximum absolute atomic E-state index is 13.2. The molecule has 1 fully saturated rings. The van der Waals surface area contributed by atoms with Gasteiger partial charge in [-0.1, -0.05) is 31.4 Å². The lowest BCUT2D eigenvalue weighted by Gasteiger charge is -2.35. The van der Waals surface area contributed by atoms with E-state index < -0.39 is 0 Å². The molecule has 0 unspecified atom stereocenters. The van der Waals surface area contributed by atoms with Crippen LogP contribution in [-0.4, -0.2) is 36.1 Å². The summed E-state index contributed by atoms with van der Waals surface area (Å²) in [5, 5.41) is 13.8. The van der Waals surface area contributed by atoms with Crippen LogP contribution < -0.4 is 5.56 Å². The number of fused-ring (bicyclic) bond motifs is 1. The highest BCUT2D eigenvalue weighted by atomic mass is 16.3. The number of nitrogens with one attached hydrogen (secondary N) is 1. The van der Waals surface area contributed by atoms with Gasteiger partial charge in [-0.05, 0) is 78.8 Å². The van der Waals surface area contributed by atoms with Crippen molar-refractivity contribution in [3.8, 4) is 0 Å². The third kappa shape index (κ3) is 4.42. The number of benzene rings is 1. The minimum Gasteiger partial charge on any atom is -0.467 e. The summed E-state index contributed by atoms with van der Waals surface area (Å²) in [7, 11) is 0. The molecule has 5 rings (SSSR count). The number of tetrazole rings is 1. The Balaban J connectivity index is 1.52.